The molecule has 0 saturated carbocycles. The number of amides is 1. The van der Waals surface area contributed by atoms with Gasteiger partial charge in [0.05, 0.1) is 22.7 Å². The van der Waals surface area contributed by atoms with E-state index in [9.17, 15) is 18.0 Å². The van der Waals surface area contributed by atoms with Gasteiger partial charge in [0.25, 0.3) is 0 Å². The normalized spacial score (nSPS) is 11.2. The number of anilines is 1. The first-order valence-corrected chi connectivity index (χ1v) is 6.29. The van der Waals surface area contributed by atoms with Crippen LogP contribution in [0, 0.1) is 0 Å². The molecule has 0 spiro atoms. The van der Waals surface area contributed by atoms with Crippen LogP contribution in [0.15, 0.2) is 42.7 Å². The molecule has 7 heteroatoms. The number of carbonyl (C=O) groups is 1. The molecule has 0 fully saturated rings. The standard InChI is InChI=1S/C14H10ClF3N2O/c15-11-4-3-10(14(16,17)18)7-12(11)20-13(21)6-9-2-1-5-19-8-9/h1-5,7-8H,6H2,(H,20,21). The summed E-state index contributed by atoms with van der Waals surface area (Å²) in [5.74, 6) is -0.468. The molecule has 1 N–H and O–H groups in total. The molecule has 0 aliphatic heterocycles. The highest BCUT2D eigenvalue weighted by molar-refractivity contribution is 6.33. The Morgan fingerprint density at radius 2 is 2.05 bits per heavy atom. The van der Waals surface area contributed by atoms with Gasteiger partial charge in [0, 0.05) is 12.4 Å². The second kappa shape index (κ2) is 6.13. The van der Waals surface area contributed by atoms with Crippen molar-refractivity contribution in [1.82, 2.24) is 4.98 Å². The fourth-order valence-corrected chi connectivity index (χ4v) is 1.84. The topological polar surface area (TPSA) is 42.0 Å². The minimum Gasteiger partial charge on any atom is -0.324 e. The molecule has 110 valence electrons. The number of nitrogens with zero attached hydrogens (tertiary/aromatic N) is 1. The summed E-state index contributed by atoms with van der Waals surface area (Å²) in [6.07, 6.45) is -1.42. The van der Waals surface area contributed by atoms with E-state index in [-0.39, 0.29) is 17.1 Å². The van der Waals surface area contributed by atoms with Crippen LogP contribution < -0.4 is 5.32 Å². The highest BCUT2D eigenvalue weighted by Gasteiger charge is 2.31. The Bertz CT molecular complexity index is 644. The van der Waals surface area contributed by atoms with Crippen LogP contribution >= 0.6 is 11.6 Å². The first kappa shape index (κ1) is 15.3. The monoisotopic (exact) mass is 314 g/mol. The van der Waals surface area contributed by atoms with Gasteiger partial charge in [-0.1, -0.05) is 17.7 Å². The number of nitrogens with one attached hydrogen (secondary N) is 1. The molecular weight excluding hydrogens is 305 g/mol. The van der Waals surface area contributed by atoms with E-state index in [2.05, 4.69) is 10.3 Å². The van der Waals surface area contributed by atoms with E-state index in [0.717, 1.165) is 18.2 Å². The van der Waals surface area contributed by atoms with E-state index in [1.165, 1.54) is 6.20 Å². The Kier molecular flexibility index (Phi) is 4.47. The maximum absolute atomic E-state index is 12.6. The number of rotatable bonds is 3. The lowest BCUT2D eigenvalue weighted by Gasteiger charge is -2.11. The minimum atomic E-state index is -4.49. The SMILES string of the molecule is O=C(Cc1cccnc1)Nc1cc(C(F)(F)F)ccc1Cl. The summed E-state index contributed by atoms with van der Waals surface area (Å²) in [5.41, 5.74) is -0.290. The van der Waals surface area contributed by atoms with Crippen molar-refractivity contribution in [2.75, 3.05) is 5.32 Å². The molecule has 1 aromatic heterocycles. The van der Waals surface area contributed by atoms with Crippen LogP contribution in [0.25, 0.3) is 0 Å². The quantitative estimate of drug-likeness (QED) is 0.932. The fourth-order valence-electron chi connectivity index (χ4n) is 1.68. The van der Waals surface area contributed by atoms with E-state index in [4.69, 9.17) is 11.6 Å². The van der Waals surface area contributed by atoms with Crippen LogP contribution in [0.3, 0.4) is 0 Å². The highest BCUT2D eigenvalue weighted by Crippen LogP contribution is 2.33. The van der Waals surface area contributed by atoms with Crippen LogP contribution in [-0.4, -0.2) is 10.9 Å². The summed E-state index contributed by atoms with van der Waals surface area (Å²) in [4.78, 5) is 15.7. The molecule has 1 aromatic carbocycles. The van der Waals surface area contributed by atoms with E-state index < -0.39 is 17.6 Å². The van der Waals surface area contributed by atoms with Gasteiger partial charge in [0.15, 0.2) is 0 Å². The van der Waals surface area contributed by atoms with Gasteiger partial charge in [-0.15, -0.1) is 0 Å². The third kappa shape index (κ3) is 4.19. The zero-order valence-electron chi connectivity index (χ0n) is 10.6. The maximum atomic E-state index is 12.6. The summed E-state index contributed by atoms with van der Waals surface area (Å²) in [6.45, 7) is 0. The Morgan fingerprint density at radius 3 is 2.67 bits per heavy atom. The van der Waals surface area contributed by atoms with Crippen molar-refractivity contribution < 1.29 is 18.0 Å². The van der Waals surface area contributed by atoms with E-state index in [1.807, 2.05) is 0 Å². The molecule has 3 nitrogen and oxygen atoms in total. The van der Waals surface area contributed by atoms with Crippen LogP contribution in [0.4, 0.5) is 18.9 Å². The zero-order valence-corrected chi connectivity index (χ0v) is 11.4. The van der Waals surface area contributed by atoms with Gasteiger partial charge in [-0.3, -0.25) is 9.78 Å². The lowest BCUT2D eigenvalue weighted by molar-refractivity contribution is -0.137. The molecule has 0 saturated heterocycles. The number of aromatic nitrogens is 1. The maximum Gasteiger partial charge on any atom is 0.416 e. The van der Waals surface area contributed by atoms with E-state index in [0.29, 0.717) is 5.56 Å². The van der Waals surface area contributed by atoms with Gasteiger partial charge in [-0.2, -0.15) is 13.2 Å². The summed E-state index contributed by atoms with van der Waals surface area (Å²) >= 11 is 5.80. The Labute approximate surface area is 123 Å². The second-order valence-electron chi connectivity index (χ2n) is 4.28. The average Bonchev–Trinajstić information content (AvgIpc) is 2.41. The number of pyridine rings is 1. The van der Waals surface area contributed by atoms with Crippen molar-refractivity contribution in [2.24, 2.45) is 0 Å². The molecule has 1 heterocycles. The van der Waals surface area contributed by atoms with Crippen molar-refractivity contribution >= 4 is 23.2 Å². The number of benzene rings is 1. The predicted octanol–water partition coefficient (Wildman–Crippen LogP) is 3.94. The predicted molar refractivity (Wildman–Crippen MR) is 73.0 cm³/mol. The van der Waals surface area contributed by atoms with Gasteiger partial charge >= 0.3 is 6.18 Å². The number of hydrogen-bond donors (Lipinski definition) is 1. The molecular formula is C14H10ClF3N2O. The molecule has 0 atom stereocenters. The summed E-state index contributed by atoms with van der Waals surface area (Å²) in [6, 6.07) is 6.13. The molecule has 0 unspecified atom stereocenters. The average molecular weight is 315 g/mol. The third-order valence-corrected chi connectivity index (χ3v) is 2.98. The summed E-state index contributed by atoms with van der Waals surface area (Å²) in [7, 11) is 0. The van der Waals surface area contributed by atoms with Crippen LogP contribution in [0.1, 0.15) is 11.1 Å². The molecule has 0 aliphatic rings. The van der Waals surface area contributed by atoms with Gasteiger partial charge in [-0.25, -0.2) is 0 Å². The molecule has 2 rings (SSSR count). The highest BCUT2D eigenvalue weighted by atomic mass is 35.5. The first-order chi connectivity index (χ1) is 9.86. The molecule has 1 amide bonds. The molecule has 0 bridgehead atoms. The second-order valence-corrected chi connectivity index (χ2v) is 4.69. The number of halogens is 4. The zero-order chi connectivity index (χ0) is 15.5. The molecule has 2 aromatic rings. The van der Waals surface area contributed by atoms with Gasteiger partial charge in [0.2, 0.25) is 5.91 Å². The van der Waals surface area contributed by atoms with E-state index in [1.54, 1.807) is 18.3 Å². The lowest BCUT2D eigenvalue weighted by atomic mass is 10.1. The van der Waals surface area contributed by atoms with Crippen molar-refractivity contribution in [3.8, 4) is 0 Å². The first-order valence-electron chi connectivity index (χ1n) is 5.92. The number of hydrogen-bond acceptors (Lipinski definition) is 2. The largest absolute Gasteiger partial charge is 0.416 e. The third-order valence-electron chi connectivity index (χ3n) is 2.66. The summed E-state index contributed by atoms with van der Waals surface area (Å²) in [5, 5.41) is 2.42. The minimum absolute atomic E-state index is 0.000411. The van der Waals surface area contributed by atoms with Crippen LogP contribution in [-0.2, 0) is 17.4 Å². The number of alkyl halides is 3. The number of carbonyl (C=O) groups excluding carboxylic acids is 1. The van der Waals surface area contributed by atoms with Gasteiger partial charge in [0.1, 0.15) is 0 Å². The Morgan fingerprint density at radius 1 is 1.29 bits per heavy atom. The van der Waals surface area contributed by atoms with Crippen molar-refractivity contribution in [3.05, 3.63) is 58.9 Å². The van der Waals surface area contributed by atoms with Crippen molar-refractivity contribution in [3.63, 3.8) is 0 Å². The molecule has 21 heavy (non-hydrogen) atoms. The Hall–Kier alpha value is -2.08. The molecule has 0 aliphatic carbocycles. The van der Waals surface area contributed by atoms with Crippen LogP contribution in [0.5, 0.6) is 0 Å². The van der Waals surface area contributed by atoms with Gasteiger partial charge < -0.3 is 5.32 Å². The van der Waals surface area contributed by atoms with E-state index >= 15 is 0 Å². The van der Waals surface area contributed by atoms with Crippen molar-refractivity contribution in [2.45, 2.75) is 12.6 Å². The molecule has 0 radical (unpaired) electrons. The van der Waals surface area contributed by atoms with Crippen LogP contribution in [0.2, 0.25) is 5.02 Å². The van der Waals surface area contributed by atoms with Crippen molar-refractivity contribution in [1.29, 1.82) is 0 Å². The van der Waals surface area contributed by atoms with Gasteiger partial charge in [-0.05, 0) is 29.8 Å². The smallest absolute Gasteiger partial charge is 0.324 e. The Balaban J connectivity index is 2.14. The summed E-state index contributed by atoms with van der Waals surface area (Å²) < 4.78 is 37.9. The lowest BCUT2D eigenvalue weighted by Crippen LogP contribution is -2.15. The fraction of sp³-hybridized carbons (Fsp3) is 0.143.